The molecule has 94 valence electrons. The Bertz CT molecular complexity index is 237. The maximum Gasteiger partial charge on any atom is 0.303 e. The number of rotatable bonds is 7. The first-order chi connectivity index (χ1) is 7.46. The van der Waals surface area contributed by atoms with Crippen LogP contribution in [0.2, 0.25) is 0 Å². The number of nitrogens with zero attached hydrogens (tertiary/aromatic N) is 2. The molecule has 0 unspecified atom stereocenters. The summed E-state index contributed by atoms with van der Waals surface area (Å²) in [5.41, 5.74) is 0.345. The van der Waals surface area contributed by atoms with Crippen LogP contribution in [0.25, 0.3) is 0 Å². The number of carboxylic acids is 1. The third-order valence-corrected chi connectivity index (χ3v) is 3.73. The van der Waals surface area contributed by atoms with E-state index in [4.69, 9.17) is 5.11 Å². The van der Waals surface area contributed by atoms with Gasteiger partial charge in [-0.25, -0.2) is 0 Å². The van der Waals surface area contributed by atoms with Crippen LogP contribution in [0.5, 0.6) is 0 Å². The second-order valence-electron chi connectivity index (χ2n) is 5.21. The van der Waals surface area contributed by atoms with Gasteiger partial charge in [0.2, 0.25) is 0 Å². The standard InChI is InChI=1S/C12H24N2O2/c1-13(2)12(7-5-8-12)10-14(3)9-4-6-11(15)16/h4-10H2,1-3H3,(H,15,16). The van der Waals surface area contributed by atoms with Gasteiger partial charge in [0, 0.05) is 18.5 Å². The Hall–Kier alpha value is -0.610. The Morgan fingerprint density at radius 1 is 1.31 bits per heavy atom. The van der Waals surface area contributed by atoms with Gasteiger partial charge in [0.15, 0.2) is 0 Å². The molecule has 0 amide bonds. The average Bonchev–Trinajstić information content (AvgIpc) is 2.10. The fourth-order valence-corrected chi connectivity index (χ4v) is 2.41. The Morgan fingerprint density at radius 2 is 1.94 bits per heavy atom. The fraction of sp³-hybridized carbons (Fsp3) is 0.917. The lowest BCUT2D eigenvalue weighted by molar-refractivity contribution is -0.137. The molecule has 1 aliphatic carbocycles. The van der Waals surface area contributed by atoms with Crippen molar-refractivity contribution in [3.8, 4) is 0 Å². The van der Waals surface area contributed by atoms with Gasteiger partial charge in [-0.15, -0.1) is 0 Å². The largest absolute Gasteiger partial charge is 0.481 e. The van der Waals surface area contributed by atoms with Gasteiger partial charge in [-0.05, 0) is 53.4 Å². The zero-order valence-corrected chi connectivity index (χ0v) is 10.7. The molecule has 0 aliphatic heterocycles. The van der Waals surface area contributed by atoms with E-state index >= 15 is 0 Å². The minimum absolute atomic E-state index is 0.277. The quantitative estimate of drug-likeness (QED) is 0.712. The van der Waals surface area contributed by atoms with Crippen molar-refractivity contribution in [1.82, 2.24) is 9.80 Å². The van der Waals surface area contributed by atoms with Gasteiger partial charge in [-0.1, -0.05) is 0 Å². The SMILES string of the molecule is CN(CCCC(=O)O)CC1(N(C)C)CCC1. The molecule has 0 spiro atoms. The van der Waals surface area contributed by atoms with Gasteiger partial charge in [0.25, 0.3) is 0 Å². The fourth-order valence-electron chi connectivity index (χ4n) is 2.41. The van der Waals surface area contributed by atoms with Gasteiger partial charge in [0.1, 0.15) is 0 Å². The van der Waals surface area contributed by atoms with Crippen LogP contribution in [-0.2, 0) is 4.79 Å². The lowest BCUT2D eigenvalue weighted by Gasteiger charge is -2.49. The Balaban J connectivity index is 2.27. The maximum absolute atomic E-state index is 10.4. The van der Waals surface area contributed by atoms with Gasteiger partial charge in [0.05, 0.1) is 0 Å². The number of aliphatic carboxylic acids is 1. The Morgan fingerprint density at radius 3 is 2.31 bits per heavy atom. The highest BCUT2D eigenvalue weighted by molar-refractivity contribution is 5.66. The number of hydrogen-bond acceptors (Lipinski definition) is 3. The molecule has 0 aromatic carbocycles. The molecule has 0 bridgehead atoms. The van der Waals surface area contributed by atoms with Crippen LogP contribution >= 0.6 is 0 Å². The summed E-state index contributed by atoms with van der Waals surface area (Å²) in [6.45, 7) is 1.93. The third-order valence-electron chi connectivity index (χ3n) is 3.73. The minimum Gasteiger partial charge on any atom is -0.481 e. The van der Waals surface area contributed by atoms with E-state index in [0.717, 1.165) is 19.5 Å². The molecule has 4 nitrogen and oxygen atoms in total. The van der Waals surface area contributed by atoms with Crippen LogP contribution in [0.4, 0.5) is 0 Å². The monoisotopic (exact) mass is 228 g/mol. The molecule has 0 aromatic rings. The lowest BCUT2D eigenvalue weighted by Crippen LogP contribution is -2.56. The van der Waals surface area contributed by atoms with Crippen molar-refractivity contribution in [3.05, 3.63) is 0 Å². The first-order valence-corrected chi connectivity index (χ1v) is 6.04. The van der Waals surface area contributed by atoms with Crippen LogP contribution in [0.3, 0.4) is 0 Å². The summed E-state index contributed by atoms with van der Waals surface area (Å²) in [6, 6.07) is 0. The molecular weight excluding hydrogens is 204 g/mol. The highest BCUT2D eigenvalue weighted by Gasteiger charge is 2.39. The van der Waals surface area contributed by atoms with E-state index in [2.05, 4.69) is 30.9 Å². The number of carboxylic acid groups (broad SMARTS) is 1. The summed E-state index contributed by atoms with van der Waals surface area (Å²) in [5, 5.41) is 8.58. The van der Waals surface area contributed by atoms with Crippen molar-refractivity contribution >= 4 is 5.97 Å². The van der Waals surface area contributed by atoms with E-state index in [1.807, 2.05) is 0 Å². The zero-order chi connectivity index (χ0) is 12.2. The molecule has 16 heavy (non-hydrogen) atoms. The summed E-state index contributed by atoms with van der Waals surface area (Å²) >= 11 is 0. The van der Waals surface area contributed by atoms with E-state index in [1.54, 1.807) is 0 Å². The minimum atomic E-state index is -0.695. The van der Waals surface area contributed by atoms with Crippen LogP contribution in [0, 0.1) is 0 Å². The highest BCUT2D eigenvalue weighted by atomic mass is 16.4. The van der Waals surface area contributed by atoms with Gasteiger partial charge in [-0.3, -0.25) is 4.79 Å². The number of carbonyl (C=O) groups is 1. The smallest absolute Gasteiger partial charge is 0.303 e. The van der Waals surface area contributed by atoms with E-state index < -0.39 is 5.97 Å². The van der Waals surface area contributed by atoms with Gasteiger partial charge >= 0.3 is 5.97 Å². The van der Waals surface area contributed by atoms with Crippen LogP contribution < -0.4 is 0 Å². The van der Waals surface area contributed by atoms with E-state index in [9.17, 15) is 4.79 Å². The van der Waals surface area contributed by atoms with E-state index in [0.29, 0.717) is 5.54 Å². The van der Waals surface area contributed by atoms with Crippen molar-refractivity contribution in [2.75, 3.05) is 34.2 Å². The molecule has 1 rings (SSSR count). The van der Waals surface area contributed by atoms with E-state index in [-0.39, 0.29) is 6.42 Å². The van der Waals surface area contributed by atoms with Crippen LogP contribution in [-0.4, -0.2) is 60.6 Å². The molecule has 1 saturated carbocycles. The van der Waals surface area contributed by atoms with Crippen molar-refractivity contribution in [1.29, 1.82) is 0 Å². The molecule has 1 fully saturated rings. The molecule has 0 aromatic heterocycles. The second kappa shape index (κ2) is 5.64. The predicted molar refractivity (Wildman–Crippen MR) is 64.6 cm³/mol. The zero-order valence-electron chi connectivity index (χ0n) is 10.7. The average molecular weight is 228 g/mol. The first kappa shape index (κ1) is 13.5. The molecule has 1 N–H and O–H groups in total. The number of likely N-dealkylation sites (N-methyl/N-ethyl adjacent to an activating group) is 2. The van der Waals surface area contributed by atoms with Crippen molar-refractivity contribution in [2.24, 2.45) is 0 Å². The van der Waals surface area contributed by atoms with Crippen LogP contribution in [0.15, 0.2) is 0 Å². The third kappa shape index (κ3) is 3.46. The molecular formula is C12H24N2O2. The molecule has 4 heteroatoms. The highest BCUT2D eigenvalue weighted by Crippen LogP contribution is 2.36. The van der Waals surface area contributed by atoms with Crippen molar-refractivity contribution in [3.63, 3.8) is 0 Å². The second-order valence-corrected chi connectivity index (χ2v) is 5.21. The predicted octanol–water partition coefficient (Wildman–Crippen LogP) is 1.27. The Kier molecular flexibility index (Phi) is 4.74. The molecule has 0 saturated heterocycles. The summed E-state index contributed by atoms with van der Waals surface area (Å²) in [5.74, 6) is -0.695. The van der Waals surface area contributed by atoms with Crippen molar-refractivity contribution in [2.45, 2.75) is 37.6 Å². The van der Waals surface area contributed by atoms with Crippen LogP contribution in [0.1, 0.15) is 32.1 Å². The summed E-state index contributed by atoms with van der Waals surface area (Å²) < 4.78 is 0. The molecule has 0 heterocycles. The summed E-state index contributed by atoms with van der Waals surface area (Å²) in [7, 11) is 6.37. The number of hydrogen-bond donors (Lipinski definition) is 1. The summed E-state index contributed by atoms with van der Waals surface area (Å²) in [4.78, 5) is 15.0. The molecule has 0 atom stereocenters. The topological polar surface area (TPSA) is 43.8 Å². The maximum atomic E-state index is 10.4. The van der Waals surface area contributed by atoms with E-state index in [1.165, 1.54) is 19.3 Å². The molecule has 1 aliphatic rings. The summed E-state index contributed by atoms with van der Waals surface area (Å²) in [6.07, 6.45) is 4.88. The van der Waals surface area contributed by atoms with Gasteiger partial charge in [-0.2, -0.15) is 0 Å². The first-order valence-electron chi connectivity index (χ1n) is 6.04. The lowest BCUT2D eigenvalue weighted by atomic mass is 9.75. The Labute approximate surface area is 98.2 Å². The van der Waals surface area contributed by atoms with Gasteiger partial charge < -0.3 is 14.9 Å². The molecule has 0 radical (unpaired) electrons. The normalized spacial score (nSPS) is 18.8. The van der Waals surface area contributed by atoms with Crippen molar-refractivity contribution < 1.29 is 9.90 Å².